The summed E-state index contributed by atoms with van der Waals surface area (Å²) in [5.74, 6) is -1.43. The number of halogens is 2. The zero-order chi connectivity index (χ0) is 21.8. The van der Waals surface area contributed by atoms with Gasteiger partial charge in [-0.05, 0) is 36.8 Å². The van der Waals surface area contributed by atoms with Gasteiger partial charge in [-0.3, -0.25) is 9.69 Å². The van der Waals surface area contributed by atoms with Crippen molar-refractivity contribution in [1.29, 1.82) is 0 Å². The zero-order valence-corrected chi connectivity index (χ0v) is 17.3. The van der Waals surface area contributed by atoms with Crippen molar-refractivity contribution in [2.24, 2.45) is 0 Å². The van der Waals surface area contributed by atoms with E-state index in [0.29, 0.717) is 11.8 Å². The molecule has 0 radical (unpaired) electrons. The quantitative estimate of drug-likeness (QED) is 0.668. The molecule has 0 bridgehead atoms. The van der Waals surface area contributed by atoms with E-state index in [4.69, 9.17) is 0 Å². The average molecular weight is 422 g/mol. The van der Waals surface area contributed by atoms with Crippen molar-refractivity contribution >= 4 is 17.4 Å². The van der Waals surface area contributed by atoms with Crippen LogP contribution in [0.15, 0.2) is 60.8 Å². The van der Waals surface area contributed by atoms with Gasteiger partial charge < -0.3 is 10.2 Å². The highest BCUT2D eigenvalue weighted by Crippen LogP contribution is 2.19. The molecule has 0 saturated carbocycles. The first kappa shape index (κ1) is 20.9. The molecule has 0 unspecified atom stereocenters. The summed E-state index contributed by atoms with van der Waals surface area (Å²) in [6, 6.07) is 15.1. The van der Waals surface area contributed by atoms with Crippen LogP contribution >= 0.6 is 0 Å². The van der Waals surface area contributed by atoms with Crippen LogP contribution in [0.25, 0.3) is 0 Å². The summed E-state index contributed by atoms with van der Waals surface area (Å²) in [7, 11) is 0. The third-order valence-corrected chi connectivity index (χ3v) is 5.40. The van der Waals surface area contributed by atoms with E-state index >= 15 is 0 Å². The summed E-state index contributed by atoms with van der Waals surface area (Å²) >= 11 is 0. The Bertz CT molecular complexity index is 1050. The maximum Gasteiger partial charge on any atom is 0.258 e. The number of amides is 1. The van der Waals surface area contributed by atoms with E-state index in [1.54, 1.807) is 12.3 Å². The third-order valence-electron chi connectivity index (χ3n) is 5.40. The lowest BCUT2D eigenvalue weighted by Gasteiger charge is -2.35. The lowest BCUT2D eigenvalue weighted by Crippen LogP contribution is -2.46. The minimum atomic E-state index is -0.898. The van der Waals surface area contributed by atoms with Crippen molar-refractivity contribution in [2.75, 3.05) is 36.4 Å². The van der Waals surface area contributed by atoms with E-state index in [0.717, 1.165) is 50.7 Å². The van der Waals surface area contributed by atoms with Gasteiger partial charge in [0, 0.05) is 38.8 Å². The monoisotopic (exact) mass is 422 g/mol. The zero-order valence-electron chi connectivity index (χ0n) is 17.3. The van der Waals surface area contributed by atoms with Gasteiger partial charge >= 0.3 is 0 Å². The number of anilines is 2. The Morgan fingerprint density at radius 1 is 1.00 bits per heavy atom. The highest BCUT2D eigenvalue weighted by Gasteiger charge is 2.18. The second-order valence-electron chi connectivity index (χ2n) is 7.73. The Balaban J connectivity index is 1.31. The SMILES string of the molecule is Cc1ccc(CN2CCN(c3ccc(NC(=O)c4ccc(F)cc4F)cn3)CC2)cc1. The molecule has 0 aliphatic carbocycles. The van der Waals surface area contributed by atoms with Crippen LogP contribution in [-0.2, 0) is 6.54 Å². The number of benzene rings is 2. The van der Waals surface area contributed by atoms with Gasteiger partial charge in [0.15, 0.2) is 0 Å². The molecule has 31 heavy (non-hydrogen) atoms. The number of aryl methyl sites for hydroxylation is 1. The largest absolute Gasteiger partial charge is 0.354 e. The number of pyridine rings is 1. The highest BCUT2D eigenvalue weighted by atomic mass is 19.1. The number of hydrogen-bond donors (Lipinski definition) is 1. The topological polar surface area (TPSA) is 48.5 Å². The van der Waals surface area contributed by atoms with Gasteiger partial charge in [-0.25, -0.2) is 13.8 Å². The minimum Gasteiger partial charge on any atom is -0.354 e. The molecule has 0 atom stereocenters. The summed E-state index contributed by atoms with van der Waals surface area (Å²) in [5, 5.41) is 2.60. The second-order valence-corrected chi connectivity index (χ2v) is 7.73. The molecule has 7 heteroatoms. The van der Waals surface area contributed by atoms with E-state index in [1.165, 1.54) is 11.1 Å². The van der Waals surface area contributed by atoms with E-state index in [2.05, 4.69) is 51.3 Å². The molecular weight excluding hydrogens is 398 g/mol. The molecule has 1 saturated heterocycles. The van der Waals surface area contributed by atoms with Crippen molar-refractivity contribution in [3.8, 4) is 0 Å². The summed E-state index contributed by atoms with van der Waals surface area (Å²) in [6.45, 7) is 6.65. The van der Waals surface area contributed by atoms with E-state index in [-0.39, 0.29) is 5.56 Å². The lowest BCUT2D eigenvalue weighted by molar-refractivity contribution is 0.102. The Morgan fingerprint density at radius 2 is 1.74 bits per heavy atom. The fraction of sp³-hybridized carbons (Fsp3) is 0.250. The van der Waals surface area contributed by atoms with Crippen molar-refractivity contribution < 1.29 is 13.6 Å². The minimum absolute atomic E-state index is 0.213. The number of nitrogens with zero attached hydrogens (tertiary/aromatic N) is 3. The molecule has 2 aromatic carbocycles. The van der Waals surface area contributed by atoms with Crippen molar-refractivity contribution in [3.05, 3.63) is 89.1 Å². The number of hydrogen-bond acceptors (Lipinski definition) is 4. The molecule has 1 aromatic heterocycles. The van der Waals surface area contributed by atoms with Gasteiger partial charge in [0.1, 0.15) is 17.5 Å². The first-order chi connectivity index (χ1) is 15.0. The predicted molar refractivity (Wildman–Crippen MR) is 117 cm³/mol. The van der Waals surface area contributed by atoms with E-state index in [1.807, 2.05) is 6.07 Å². The fourth-order valence-electron chi connectivity index (χ4n) is 3.61. The molecule has 2 heterocycles. The number of piperazine rings is 1. The van der Waals surface area contributed by atoms with Gasteiger partial charge in [0.2, 0.25) is 0 Å². The number of aromatic nitrogens is 1. The standard InChI is InChI=1S/C24H24F2N4O/c1-17-2-4-18(5-3-17)16-29-10-12-30(13-11-29)23-9-7-20(15-27-23)28-24(31)21-8-6-19(25)14-22(21)26/h2-9,14-15H,10-13,16H2,1H3,(H,28,31). The molecule has 4 rings (SSSR count). The van der Waals surface area contributed by atoms with Crippen LogP contribution < -0.4 is 10.2 Å². The van der Waals surface area contributed by atoms with Crippen LogP contribution in [-0.4, -0.2) is 42.0 Å². The predicted octanol–water partition coefficient (Wildman–Crippen LogP) is 4.24. The van der Waals surface area contributed by atoms with Crippen LogP contribution in [0.2, 0.25) is 0 Å². The van der Waals surface area contributed by atoms with Crippen LogP contribution in [0.1, 0.15) is 21.5 Å². The molecule has 0 spiro atoms. The van der Waals surface area contributed by atoms with Crippen molar-refractivity contribution in [3.63, 3.8) is 0 Å². The van der Waals surface area contributed by atoms with Crippen molar-refractivity contribution in [1.82, 2.24) is 9.88 Å². The molecule has 5 nitrogen and oxygen atoms in total. The number of carbonyl (C=O) groups excluding carboxylic acids is 1. The Kier molecular flexibility index (Phi) is 6.23. The van der Waals surface area contributed by atoms with Gasteiger partial charge in [-0.15, -0.1) is 0 Å². The van der Waals surface area contributed by atoms with Gasteiger partial charge in [0.25, 0.3) is 5.91 Å². The first-order valence-corrected chi connectivity index (χ1v) is 10.2. The summed E-state index contributed by atoms with van der Waals surface area (Å²) in [5.41, 5.74) is 2.82. The van der Waals surface area contributed by atoms with Crippen LogP contribution in [0.5, 0.6) is 0 Å². The number of nitrogens with one attached hydrogen (secondary N) is 1. The fourth-order valence-corrected chi connectivity index (χ4v) is 3.61. The van der Waals surface area contributed by atoms with Gasteiger partial charge in [-0.2, -0.15) is 0 Å². The third kappa shape index (κ3) is 5.24. The Labute approximate surface area is 180 Å². The number of rotatable bonds is 5. The first-order valence-electron chi connectivity index (χ1n) is 10.2. The van der Waals surface area contributed by atoms with Crippen LogP contribution in [0, 0.1) is 18.6 Å². The molecule has 1 N–H and O–H groups in total. The highest BCUT2D eigenvalue weighted by molar-refractivity contribution is 6.04. The maximum absolute atomic E-state index is 13.8. The van der Waals surface area contributed by atoms with Gasteiger partial charge in [-0.1, -0.05) is 29.8 Å². The van der Waals surface area contributed by atoms with Crippen LogP contribution in [0.3, 0.4) is 0 Å². The smallest absolute Gasteiger partial charge is 0.258 e. The summed E-state index contributed by atoms with van der Waals surface area (Å²) in [6.07, 6.45) is 1.55. The molecular formula is C24H24F2N4O. The molecule has 1 fully saturated rings. The normalized spacial score (nSPS) is 14.5. The van der Waals surface area contributed by atoms with E-state index < -0.39 is 17.5 Å². The average Bonchev–Trinajstić information content (AvgIpc) is 2.76. The Morgan fingerprint density at radius 3 is 2.39 bits per heavy atom. The van der Waals surface area contributed by atoms with Crippen molar-refractivity contribution in [2.45, 2.75) is 13.5 Å². The maximum atomic E-state index is 13.8. The molecule has 1 aliphatic heterocycles. The van der Waals surface area contributed by atoms with E-state index in [9.17, 15) is 13.6 Å². The van der Waals surface area contributed by atoms with Gasteiger partial charge in [0.05, 0.1) is 17.4 Å². The second kappa shape index (κ2) is 9.22. The molecule has 1 amide bonds. The molecule has 1 aliphatic rings. The summed E-state index contributed by atoms with van der Waals surface area (Å²) < 4.78 is 26.8. The Hall–Kier alpha value is -3.32. The lowest BCUT2D eigenvalue weighted by atomic mass is 10.1. The molecule has 160 valence electrons. The molecule has 3 aromatic rings. The van der Waals surface area contributed by atoms with Crippen LogP contribution in [0.4, 0.5) is 20.3 Å². The number of carbonyl (C=O) groups is 1. The summed E-state index contributed by atoms with van der Waals surface area (Å²) in [4.78, 5) is 21.3.